The molecular weight excluding hydrogens is 278 g/mol. The van der Waals surface area contributed by atoms with Crippen LogP contribution < -0.4 is 15.1 Å². The van der Waals surface area contributed by atoms with E-state index >= 15 is 0 Å². The number of hydrazone groups is 1. The van der Waals surface area contributed by atoms with Gasteiger partial charge in [0.25, 0.3) is 5.91 Å². The number of nitrogens with zero attached hydrogens (tertiary/aromatic N) is 2. The summed E-state index contributed by atoms with van der Waals surface area (Å²) in [5, 5.41) is 4.14. The summed E-state index contributed by atoms with van der Waals surface area (Å²) in [5.41, 5.74) is 6.19. The van der Waals surface area contributed by atoms with E-state index in [9.17, 15) is 4.79 Å². The molecule has 1 N–H and O–H groups in total. The largest absolute Gasteiger partial charge is 0.483 e. The van der Waals surface area contributed by atoms with E-state index in [1.54, 1.807) is 0 Å². The highest BCUT2D eigenvalue weighted by Gasteiger charge is 2.35. The molecule has 1 unspecified atom stereocenters. The van der Waals surface area contributed by atoms with Gasteiger partial charge in [0, 0.05) is 0 Å². The normalized spacial score (nSPS) is 23.7. The summed E-state index contributed by atoms with van der Waals surface area (Å²) >= 11 is 0. The van der Waals surface area contributed by atoms with Gasteiger partial charge in [-0.15, -0.1) is 0 Å². The lowest BCUT2D eigenvalue weighted by Gasteiger charge is -2.38. The fourth-order valence-electron chi connectivity index (χ4n) is 3.44. The van der Waals surface area contributed by atoms with Crippen LogP contribution in [0.2, 0.25) is 0 Å². The van der Waals surface area contributed by atoms with Crippen molar-refractivity contribution in [3.63, 3.8) is 0 Å². The van der Waals surface area contributed by atoms with Crippen LogP contribution in [0.3, 0.4) is 0 Å². The first-order valence-corrected chi connectivity index (χ1v) is 8.05. The molecule has 1 aromatic carbocycles. The highest BCUT2D eigenvalue weighted by atomic mass is 16.5. The minimum Gasteiger partial charge on any atom is -0.483 e. The number of amidine groups is 1. The van der Waals surface area contributed by atoms with Gasteiger partial charge in [-0.05, 0) is 49.4 Å². The van der Waals surface area contributed by atoms with Gasteiger partial charge in [0.15, 0.2) is 5.84 Å². The quantitative estimate of drug-likeness (QED) is 0.912. The highest BCUT2D eigenvalue weighted by Crippen LogP contribution is 2.39. The molecule has 0 bridgehead atoms. The topological polar surface area (TPSA) is 53.9 Å². The van der Waals surface area contributed by atoms with Crippen LogP contribution in [0.5, 0.6) is 5.75 Å². The predicted octanol–water partition coefficient (Wildman–Crippen LogP) is 2.37. The lowest BCUT2D eigenvalue weighted by molar-refractivity contribution is -0.122. The zero-order chi connectivity index (χ0) is 15.3. The molecule has 2 aliphatic heterocycles. The Kier molecular flexibility index (Phi) is 3.10. The van der Waals surface area contributed by atoms with E-state index < -0.39 is 0 Å². The SMILES string of the molecule is Cc1cc2c(cc1CC1CCC1)N1C(=NNC(=O)C1C)CO2. The number of hydrogen-bond donors (Lipinski definition) is 1. The molecule has 5 nitrogen and oxygen atoms in total. The highest BCUT2D eigenvalue weighted by molar-refractivity contribution is 6.09. The van der Waals surface area contributed by atoms with E-state index in [1.165, 1.54) is 30.4 Å². The first-order valence-electron chi connectivity index (χ1n) is 8.05. The summed E-state index contributed by atoms with van der Waals surface area (Å²) in [5.74, 6) is 2.38. The van der Waals surface area contributed by atoms with E-state index in [0.717, 1.165) is 29.6 Å². The molecule has 1 atom stereocenters. The van der Waals surface area contributed by atoms with E-state index in [-0.39, 0.29) is 11.9 Å². The smallest absolute Gasteiger partial charge is 0.262 e. The second-order valence-corrected chi connectivity index (χ2v) is 6.59. The van der Waals surface area contributed by atoms with Crippen molar-refractivity contribution in [2.45, 2.75) is 45.6 Å². The van der Waals surface area contributed by atoms with Gasteiger partial charge in [0.1, 0.15) is 18.4 Å². The Hall–Kier alpha value is -2.04. The second-order valence-electron chi connectivity index (χ2n) is 6.59. The van der Waals surface area contributed by atoms with Gasteiger partial charge in [-0.2, -0.15) is 5.10 Å². The van der Waals surface area contributed by atoms with Gasteiger partial charge < -0.3 is 9.64 Å². The number of carbonyl (C=O) groups is 1. The average molecular weight is 299 g/mol. The van der Waals surface area contributed by atoms with Crippen LogP contribution in [0.15, 0.2) is 17.2 Å². The van der Waals surface area contributed by atoms with E-state index in [0.29, 0.717) is 6.61 Å². The summed E-state index contributed by atoms with van der Waals surface area (Å²) < 4.78 is 5.83. The third-order valence-electron chi connectivity index (χ3n) is 5.11. The van der Waals surface area contributed by atoms with E-state index in [1.807, 2.05) is 11.8 Å². The van der Waals surface area contributed by atoms with Crippen molar-refractivity contribution in [2.75, 3.05) is 11.5 Å². The molecular formula is C17H21N3O2. The molecule has 1 amide bonds. The van der Waals surface area contributed by atoms with Crippen molar-refractivity contribution in [1.29, 1.82) is 0 Å². The molecule has 1 fully saturated rings. The number of benzene rings is 1. The summed E-state index contributed by atoms with van der Waals surface area (Å²) in [4.78, 5) is 14.0. The summed E-state index contributed by atoms with van der Waals surface area (Å²) in [6.45, 7) is 4.46. The number of ether oxygens (including phenoxy) is 1. The first-order chi connectivity index (χ1) is 10.6. The third kappa shape index (κ3) is 2.07. The molecule has 2 heterocycles. The molecule has 22 heavy (non-hydrogen) atoms. The molecule has 3 aliphatic rings. The molecule has 0 aromatic heterocycles. The third-order valence-corrected chi connectivity index (χ3v) is 5.11. The molecule has 0 spiro atoms. The Morgan fingerprint density at radius 3 is 2.95 bits per heavy atom. The molecule has 0 saturated heterocycles. The molecule has 1 saturated carbocycles. The molecule has 116 valence electrons. The zero-order valence-electron chi connectivity index (χ0n) is 13.1. The lowest BCUT2D eigenvalue weighted by Crippen LogP contribution is -2.55. The fraction of sp³-hybridized carbons (Fsp3) is 0.529. The average Bonchev–Trinajstić information content (AvgIpc) is 2.46. The number of amides is 1. The van der Waals surface area contributed by atoms with Crippen molar-refractivity contribution in [2.24, 2.45) is 11.0 Å². The van der Waals surface area contributed by atoms with Gasteiger partial charge in [-0.3, -0.25) is 4.79 Å². The Labute approximate surface area is 130 Å². The maximum atomic E-state index is 11.9. The Bertz CT molecular complexity index is 664. The van der Waals surface area contributed by atoms with Crippen LogP contribution in [0.1, 0.15) is 37.3 Å². The summed E-state index contributed by atoms with van der Waals surface area (Å²) in [6.07, 6.45) is 5.16. The second kappa shape index (κ2) is 5.00. The fourth-order valence-corrected chi connectivity index (χ4v) is 3.44. The molecule has 5 heteroatoms. The number of anilines is 1. The molecule has 1 aliphatic carbocycles. The standard InChI is InChI=1S/C17H21N3O2/c1-10-6-15-14(8-13(10)7-12-4-3-5-12)20-11(2)17(21)19-18-16(20)9-22-15/h6,8,11-12H,3-5,7,9H2,1-2H3,(H,19,21). The van der Waals surface area contributed by atoms with Crippen LogP contribution in [0, 0.1) is 12.8 Å². The minimum absolute atomic E-state index is 0.0716. The Balaban J connectivity index is 1.74. The van der Waals surface area contributed by atoms with E-state index in [4.69, 9.17) is 4.74 Å². The lowest BCUT2D eigenvalue weighted by atomic mass is 9.80. The van der Waals surface area contributed by atoms with Crippen LogP contribution >= 0.6 is 0 Å². The number of fused-ring (bicyclic) bond motifs is 3. The Morgan fingerprint density at radius 1 is 1.41 bits per heavy atom. The summed E-state index contributed by atoms with van der Waals surface area (Å²) in [6, 6.07) is 4.06. The minimum atomic E-state index is -0.255. The van der Waals surface area contributed by atoms with Crippen molar-refractivity contribution >= 4 is 17.4 Å². The zero-order valence-corrected chi connectivity index (χ0v) is 13.1. The summed E-state index contributed by atoms with van der Waals surface area (Å²) in [7, 11) is 0. The van der Waals surface area contributed by atoms with Crippen molar-refractivity contribution < 1.29 is 9.53 Å². The molecule has 1 aromatic rings. The first kappa shape index (κ1) is 13.6. The monoisotopic (exact) mass is 299 g/mol. The van der Waals surface area contributed by atoms with Crippen LogP contribution in [0.4, 0.5) is 5.69 Å². The Morgan fingerprint density at radius 2 is 2.23 bits per heavy atom. The van der Waals surface area contributed by atoms with Crippen LogP contribution in [-0.4, -0.2) is 24.4 Å². The van der Waals surface area contributed by atoms with E-state index in [2.05, 4.69) is 29.6 Å². The maximum Gasteiger partial charge on any atom is 0.262 e. The van der Waals surface area contributed by atoms with Gasteiger partial charge in [-0.1, -0.05) is 19.3 Å². The maximum absolute atomic E-state index is 11.9. The van der Waals surface area contributed by atoms with Gasteiger partial charge in [0.05, 0.1) is 5.69 Å². The van der Waals surface area contributed by atoms with Gasteiger partial charge >= 0.3 is 0 Å². The molecule has 0 radical (unpaired) electrons. The van der Waals surface area contributed by atoms with Crippen LogP contribution in [0.25, 0.3) is 0 Å². The number of aryl methyl sites for hydroxylation is 1. The predicted molar refractivity (Wildman–Crippen MR) is 85.2 cm³/mol. The molecule has 4 rings (SSSR count). The number of hydrogen-bond acceptors (Lipinski definition) is 4. The van der Waals surface area contributed by atoms with Crippen molar-refractivity contribution in [3.8, 4) is 5.75 Å². The number of carbonyl (C=O) groups excluding carboxylic acids is 1. The van der Waals surface area contributed by atoms with Gasteiger partial charge in [0.2, 0.25) is 0 Å². The number of nitrogens with one attached hydrogen (secondary N) is 1. The van der Waals surface area contributed by atoms with Gasteiger partial charge in [-0.25, -0.2) is 5.43 Å². The number of rotatable bonds is 2. The van der Waals surface area contributed by atoms with Crippen LogP contribution in [-0.2, 0) is 11.2 Å². The van der Waals surface area contributed by atoms with Crippen molar-refractivity contribution in [3.05, 3.63) is 23.3 Å². The van der Waals surface area contributed by atoms with Crippen molar-refractivity contribution in [1.82, 2.24) is 5.43 Å².